The summed E-state index contributed by atoms with van der Waals surface area (Å²) in [6.45, 7) is 3.68. The molecule has 0 atom stereocenters. The van der Waals surface area contributed by atoms with E-state index < -0.39 is 16.0 Å². The van der Waals surface area contributed by atoms with Crippen LogP contribution < -0.4 is 4.90 Å². The molecule has 0 unspecified atom stereocenters. The summed E-state index contributed by atoms with van der Waals surface area (Å²) in [4.78, 5) is 14.7. The van der Waals surface area contributed by atoms with Gasteiger partial charge in [-0.25, -0.2) is 13.2 Å². The average Bonchev–Trinajstić information content (AvgIpc) is 3.26. The van der Waals surface area contributed by atoms with Crippen molar-refractivity contribution in [1.82, 2.24) is 4.31 Å². The van der Waals surface area contributed by atoms with Crippen molar-refractivity contribution in [2.24, 2.45) is 0 Å². The first-order valence-electron chi connectivity index (χ1n) is 10.1. The van der Waals surface area contributed by atoms with Crippen LogP contribution in [0, 0.1) is 6.92 Å². The first-order chi connectivity index (χ1) is 15.3. The van der Waals surface area contributed by atoms with Gasteiger partial charge in [0.25, 0.3) is 0 Å². The van der Waals surface area contributed by atoms with Crippen LogP contribution in [0.15, 0.2) is 58.8 Å². The highest BCUT2D eigenvalue weighted by Crippen LogP contribution is 2.38. The smallest absolute Gasteiger partial charge is 0.349 e. The van der Waals surface area contributed by atoms with Crippen LogP contribution in [0.5, 0.6) is 0 Å². The number of hydrogen-bond donors (Lipinski definition) is 0. The summed E-state index contributed by atoms with van der Waals surface area (Å²) >= 11 is 7.07. The van der Waals surface area contributed by atoms with Crippen LogP contribution in [0.2, 0.25) is 5.02 Å². The van der Waals surface area contributed by atoms with E-state index in [1.165, 1.54) is 11.4 Å². The second-order valence-electron chi connectivity index (χ2n) is 7.53. The highest BCUT2D eigenvalue weighted by atomic mass is 35.5. The fourth-order valence-corrected chi connectivity index (χ4v) is 6.96. The van der Waals surface area contributed by atoms with Gasteiger partial charge in [0.2, 0.25) is 10.0 Å². The molecular formula is C23H23ClN2O4S2. The summed E-state index contributed by atoms with van der Waals surface area (Å²) in [6, 6.07) is 15.1. The standard InChI is InChI=1S/C23H23ClN2O4S2/c1-16-3-5-17(6-4-16)20-15-31-21(23(27)30-2)22(20)32(28,29)26-13-11-25(12-14-26)19-9-7-18(24)8-10-19/h3-10,15H,11-14H2,1-2H3. The van der Waals surface area contributed by atoms with E-state index in [0.29, 0.717) is 36.8 Å². The molecule has 0 N–H and O–H groups in total. The zero-order chi connectivity index (χ0) is 22.9. The molecule has 0 aliphatic carbocycles. The van der Waals surface area contributed by atoms with Gasteiger partial charge in [0, 0.05) is 47.8 Å². The molecule has 2 heterocycles. The maximum atomic E-state index is 13.7. The second kappa shape index (κ2) is 9.23. The predicted octanol–water partition coefficient (Wildman–Crippen LogP) is 4.67. The van der Waals surface area contributed by atoms with Gasteiger partial charge >= 0.3 is 5.97 Å². The van der Waals surface area contributed by atoms with E-state index >= 15 is 0 Å². The Morgan fingerprint density at radius 3 is 2.22 bits per heavy atom. The Labute approximate surface area is 197 Å². The van der Waals surface area contributed by atoms with Gasteiger partial charge in [0.15, 0.2) is 0 Å². The SMILES string of the molecule is COC(=O)c1scc(-c2ccc(C)cc2)c1S(=O)(=O)N1CCN(c2ccc(Cl)cc2)CC1. The molecule has 1 aromatic heterocycles. The highest BCUT2D eigenvalue weighted by molar-refractivity contribution is 7.89. The summed E-state index contributed by atoms with van der Waals surface area (Å²) in [7, 11) is -2.65. The summed E-state index contributed by atoms with van der Waals surface area (Å²) in [5, 5.41) is 2.37. The molecule has 0 amide bonds. The molecule has 0 saturated carbocycles. The lowest BCUT2D eigenvalue weighted by atomic mass is 10.1. The molecule has 1 fully saturated rings. The minimum absolute atomic E-state index is 0.0261. The van der Waals surface area contributed by atoms with Crippen LogP contribution in [0.25, 0.3) is 11.1 Å². The molecule has 4 rings (SSSR count). The molecular weight excluding hydrogens is 468 g/mol. The number of anilines is 1. The van der Waals surface area contributed by atoms with E-state index in [1.54, 1.807) is 5.38 Å². The van der Waals surface area contributed by atoms with Gasteiger partial charge in [-0.2, -0.15) is 4.31 Å². The third-order valence-electron chi connectivity index (χ3n) is 5.51. The Balaban J connectivity index is 1.66. The quantitative estimate of drug-likeness (QED) is 0.486. The topological polar surface area (TPSA) is 66.9 Å². The summed E-state index contributed by atoms with van der Waals surface area (Å²) in [5.41, 5.74) is 3.34. The zero-order valence-electron chi connectivity index (χ0n) is 17.7. The van der Waals surface area contributed by atoms with Gasteiger partial charge in [-0.05, 0) is 36.8 Å². The van der Waals surface area contributed by atoms with E-state index in [-0.39, 0.29) is 9.77 Å². The van der Waals surface area contributed by atoms with Gasteiger partial charge in [-0.1, -0.05) is 41.4 Å². The normalized spacial score (nSPS) is 15.0. The van der Waals surface area contributed by atoms with Crippen molar-refractivity contribution in [3.8, 4) is 11.1 Å². The lowest BCUT2D eigenvalue weighted by Crippen LogP contribution is -2.48. The Morgan fingerprint density at radius 2 is 1.62 bits per heavy atom. The van der Waals surface area contributed by atoms with Crippen LogP contribution in [0.4, 0.5) is 5.69 Å². The number of sulfonamides is 1. The third kappa shape index (κ3) is 4.41. The summed E-state index contributed by atoms with van der Waals surface area (Å²) in [5.74, 6) is -0.647. The first kappa shape index (κ1) is 22.8. The Kier molecular flexibility index (Phi) is 6.57. The molecule has 1 aliphatic heterocycles. The van der Waals surface area contributed by atoms with E-state index in [2.05, 4.69) is 4.90 Å². The van der Waals surface area contributed by atoms with Crippen molar-refractivity contribution in [2.75, 3.05) is 38.2 Å². The largest absolute Gasteiger partial charge is 0.465 e. The average molecular weight is 491 g/mol. The van der Waals surface area contributed by atoms with E-state index in [1.807, 2.05) is 55.5 Å². The number of rotatable bonds is 5. The molecule has 3 aromatic rings. The highest BCUT2D eigenvalue weighted by Gasteiger charge is 2.36. The molecule has 2 aromatic carbocycles. The van der Waals surface area contributed by atoms with Gasteiger partial charge in [-0.15, -0.1) is 11.3 Å². The molecule has 9 heteroatoms. The van der Waals surface area contributed by atoms with Crippen LogP contribution in [-0.4, -0.2) is 52.0 Å². The number of methoxy groups -OCH3 is 1. The Hall–Kier alpha value is -2.39. The first-order valence-corrected chi connectivity index (χ1v) is 12.8. The third-order valence-corrected chi connectivity index (χ3v) is 8.83. The number of carbonyl (C=O) groups is 1. The number of benzene rings is 2. The van der Waals surface area contributed by atoms with Crippen molar-refractivity contribution in [3.63, 3.8) is 0 Å². The molecule has 0 spiro atoms. The second-order valence-corrected chi connectivity index (χ2v) is 10.7. The van der Waals surface area contributed by atoms with Crippen molar-refractivity contribution < 1.29 is 17.9 Å². The number of aryl methyl sites for hydroxylation is 1. The van der Waals surface area contributed by atoms with Crippen molar-refractivity contribution in [3.05, 3.63) is 69.4 Å². The van der Waals surface area contributed by atoms with E-state index in [9.17, 15) is 13.2 Å². The number of carbonyl (C=O) groups excluding carboxylic acids is 1. The van der Waals surface area contributed by atoms with Gasteiger partial charge < -0.3 is 9.64 Å². The monoisotopic (exact) mass is 490 g/mol. The minimum atomic E-state index is -3.91. The van der Waals surface area contributed by atoms with Gasteiger partial charge in [-0.3, -0.25) is 0 Å². The maximum absolute atomic E-state index is 13.7. The molecule has 1 saturated heterocycles. The van der Waals surface area contributed by atoms with Crippen LogP contribution in [0.1, 0.15) is 15.2 Å². The lowest BCUT2D eigenvalue weighted by Gasteiger charge is -2.35. The number of hydrogen-bond acceptors (Lipinski definition) is 6. The number of esters is 1. The number of piperazine rings is 1. The summed E-state index contributed by atoms with van der Waals surface area (Å²) in [6.07, 6.45) is 0. The molecule has 6 nitrogen and oxygen atoms in total. The van der Waals surface area contributed by atoms with Crippen molar-refractivity contribution in [2.45, 2.75) is 11.8 Å². The number of nitrogens with zero attached hydrogens (tertiary/aromatic N) is 2. The number of thiophene rings is 1. The van der Waals surface area contributed by atoms with Gasteiger partial charge in [0.05, 0.1) is 7.11 Å². The Bertz CT molecular complexity index is 1210. The Morgan fingerprint density at radius 1 is 1.00 bits per heavy atom. The number of halogens is 1. The fraction of sp³-hybridized carbons (Fsp3) is 0.261. The fourth-order valence-electron chi connectivity index (χ4n) is 3.74. The van der Waals surface area contributed by atoms with Gasteiger partial charge in [0.1, 0.15) is 9.77 Å². The molecule has 32 heavy (non-hydrogen) atoms. The minimum Gasteiger partial charge on any atom is -0.465 e. The molecule has 1 aliphatic rings. The van der Waals surface area contributed by atoms with Crippen LogP contribution in [0.3, 0.4) is 0 Å². The zero-order valence-corrected chi connectivity index (χ0v) is 20.1. The maximum Gasteiger partial charge on any atom is 0.349 e. The lowest BCUT2D eigenvalue weighted by molar-refractivity contribution is 0.0602. The number of ether oxygens (including phenoxy) is 1. The van der Waals surface area contributed by atoms with Crippen LogP contribution in [-0.2, 0) is 14.8 Å². The molecule has 168 valence electrons. The van der Waals surface area contributed by atoms with Crippen molar-refractivity contribution in [1.29, 1.82) is 0 Å². The molecule has 0 radical (unpaired) electrons. The van der Waals surface area contributed by atoms with E-state index in [0.717, 1.165) is 28.2 Å². The summed E-state index contributed by atoms with van der Waals surface area (Å²) < 4.78 is 33.8. The molecule has 0 bridgehead atoms. The van der Waals surface area contributed by atoms with Crippen LogP contribution >= 0.6 is 22.9 Å². The predicted molar refractivity (Wildman–Crippen MR) is 128 cm³/mol. The van der Waals surface area contributed by atoms with E-state index in [4.69, 9.17) is 16.3 Å². The van der Waals surface area contributed by atoms with Crippen molar-refractivity contribution >= 4 is 44.6 Å².